The summed E-state index contributed by atoms with van der Waals surface area (Å²) in [6, 6.07) is 0.385. The maximum atomic E-state index is 11.7. The Kier molecular flexibility index (Phi) is 6.10. The van der Waals surface area contributed by atoms with Gasteiger partial charge in [-0.05, 0) is 24.7 Å². The van der Waals surface area contributed by atoms with E-state index in [1.54, 1.807) is 0 Å². The zero-order chi connectivity index (χ0) is 11.4. The fraction of sp³-hybridized carbons (Fsp3) is 0.917. The molecule has 1 aliphatic heterocycles. The molecule has 2 N–H and O–H groups in total. The number of thioether (sulfide) groups is 1. The molecule has 1 heterocycles. The number of carbonyl (C=O) groups excluding carboxylic acids is 1. The molecule has 0 spiro atoms. The molecule has 5 heteroatoms. The Labute approximate surface area is 114 Å². The van der Waals surface area contributed by atoms with Crippen LogP contribution in [0.5, 0.6) is 0 Å². The molecule has 0 radical (unpaired) electrons. The molecule has 1 unspecified atom stereocenters. The van der Waals surface area contributed by atoms with Crippen LogP contribution in [0.15, 0.2) is 0 Å². The number of amides is 1. The average molecular weight is 279 g/mol. The van der Waals surface area contributed by atoms with Gasteiger partial charge in [-0.15, -0.1) is 12.4 Å². The maximum Gasteiger partial charge on any atom is 0.221 e. The van der Waals surface area contributed by atoms with Crippen LogP contribution < -0.4 is 10.6 Å². The maximum absolute atomic E-state index is 11.7. The lowest BCUT2D eigenvalue weighted by Gasteiger charge is -2.23. The monoisotopic (exact) mass is 278 g/mol. The average Bonchev–Trinajstić information content (AvgIpc) is 3.09. The number of rotatable bonds is 5. The Hall–Kier alpha value is 0.0700. The van der Waals surface area contributed by atoms with E-state index in [1.807, 2.05) is 11.8 Å². The van der Waals surface area contributed by atoms with Crippen LogP contribution in [-0.4, -0.2) is 36.5 Å². The number of carbonyl (C=O) groups is 1. The molecular weight excluding hydrogens is 256 g/mol. The van der Waals surface area contributed by atoms with Crippen LogP contribution >= 0.6 is 24.2 Å². The normalized spacial score (nSPS) is 25.8. The van der Waals surface area contributed by atoms with Crippen LogP contribution in [-0.2, 0) is 4.79 Å². The van der Waals surface area contributed by atoms with Crippen molar-refractivity contribution in [2.45, 2.75) is 38.6 Å². The molecule has 0 aromatic heterocycles. The largest absolute Gasteiger partial charge is 0.355 e. The highest BCUT2D eigenvalue weighted by Gasteiger charge is 2.40. The van der Waals surface area contributed by atoms with Gasteiger partial charge in [-0.3, -0.25) is 4.79 Å². The Morgan fingerprint density at radius 3 is 2.82 bits per heavy atom. The summed E-state index contributed by atoms with van der Waals surface area (Å²) in [5.74, 6) is 2.48. The van der Waals surface area contributed by atoms with Gasteiger partial charge in [0, 0.05) is 37.1 Å². The van der Waals surface area contributed by atoms with Crippen molar-refractivity contribution in [2.75, 3.05) is 24.6 Å². The van der Waals surface area contributed by atoms with Crippen molar-refractivity contribution in [1.29, 1.82) is 0 Å². The molecule has 1 amide bonds. The van der Waals surface area contributed by atoms with Gasteiger partial charge in [-0.25, -0.2) is 0 Å². The fourth-order valence-electron chi connectivity index (χ4n) is 2.16. The molecule has 17 heavy (non-hydrogen) atoms. The minimum absolute atomic E-state index is 0. The first-order chi connectivity index (χ1) is 7.74. The van der Waals surface area contributed by atoms with Gasteiger partial charge in [-0.2, -0.15) is 11.8 Å². The first-order valence-corrected chi connectivity index (χ1v) is 7.47. The van der Waals surface area contributed by atoms with Crippen molar-refractivity contribution in [1.82, 2.24) is 10.6 Å². The van der Waals surface area contributed by atoms with Crippen molar-refractivity contribution in [2.24, 2.45) is 5.41 Å². The number of nitrogens with one attached hydrogen (secondary N) is 2. The van der Waals surface area contributed by atoms with Gasteiger partial charge in [0.1, 0.15) is 0 Å². The lowest BCUT2D eigenvalue weighted by atomic mass is 10.0. The molecule has 0 aromatic rings. The molecule has 1 saturated heterocycles. The second-order valence-electron chi connectivity index (χ2n) is 5.06. The molecule has 2 aliphatic rings. The highest BCUT2D eigenvalue weighted by Crippen LogP contribution is 2.47. The zero-order valence-electron chi connectivity index (χ0n) is 10.5. The third-order valence-electron chi connectivity index (χ3n) is 3.80. The van der Waals surface area contributed by atoms with E-state index in [0.29, 0.717) is 17.9 Å². The van der Waals surface area contributed by atoms with Gasteiger partial charge in [0.15, 0.2) is 0 Å². The molecule has 0 bridgehead atoms. The smallest absolute Gasteiger partial charge is 0.221 e. The van der Waals surface area contributed by atoms with Gasteiger partial charge < -0.3 is 10.6 Å². The van der Waals surface area contributed by atoms with E-state index in [2.05, 4.69) is 17.6 Å². The zero-order valence-corrected chi connectivity index (χ0v) is 12.1. The van der Waals surface area contributed by atoms with Crippen molar-refractivity contribution in [3.63, 3.8) is 0 Å². The van der Waals surface area contributed by atoms with E-state index in [9.17, 15) is 4.79 Å². The molecule has 1 saturated carbocycles. The predicted octanol–water partition coefficient (Wildman–Crippen LogP) is 1.81. The number of hydrogen-bond donors (Lipinski definition) is 2. The van der Waals surface area contributed by atoms with Crippen molar-refractivity contribution in [3.05, 3.63) is 0 Å². The van der Waals surface area contributed by atoms with Gasteiger partial charge in [0.2, 0.25) is 5.91 Å². The SMILES string of the molecule is CCC1(CNC(=O)CC2CSCCN2)CC1.Cl. The van der Waals surface area contributed by atoms with Crippen LogP contribution in [0.25, 0.3) is 0 Å². The lowest BCUT2D eigenvalue weighted by molar-refractivity contribution is -0.121. The van der Waals surface area contributed by atoms with E-state index < -0.39 is 0 Å². The van der Waals surface area contributed by atoms with Crippen LogP contribution in [0.3, 0.4) is 0 Å². The number of hydrogen-bond acceptors (Lipinski definition) is 3. The second-order valence-corrected chi connectivity index (χ2v) is 6.21. The third-order valence-corrected chi connectivity index (χ3v) is 4.93. The highest BCUT2D eigenvalue weighted by atomic mass is 35.5. The topological polar surface area (TPSA) is 41.1 Å². The summed E-state index contributed by atoms with van der Waals surface area (Å²) in [4.78, 5) is 11.7. The summed E-state index contributed by atoms with van der Waals surface area (Å²) in [6.07, 6.45) is 4.43. The van der Waals surface area contributed by atoms with Crippen LogP contribution in [0, 0.1) is 5.41 Å². The van der Waals surface area contributed by atoms with E-state index in [4.69, 9.17) is 0 Å². The van der Waals surface area contributed by atoms with E-state index in [-0.39, 0.29) is 18.3 Å². The standard InChI is InChI=1S/C12H22N2OS.ClH/c1-2-12(3-4-12)9-14-11(15)7-10-8-16-6-5-13-10;/h10,13H,2-9H2,1H3,(H,14,15);1H. The quantitative estimate of drug-likeness (QED) is 0.806. The third kappa shape index (κ3) is 4.68. The van der Waals surface area contributed by atoms with Crippen molar-refractivity contribution in [3.8, 4) is 0 Å². The molecule has 1 atom stereocenters. The van der Waals surface area contributed by atoms with Crippen LogP contribution in [0.1, 0.15) is 32.6 Å². The van der Waals surface area contributed by atoms with Gasteiger partial charge in [0.25, 0.3) is 0 Å². The molecule has 1 aliphatic carbocycles. The van der Waals surface area contributed by atoms with E-state index in [0.717, 1.165) is 18.8 Å². The highest BCUT2D eigenvalue weighted by molar-refractivity contribution is 7.99. The second kappa shape index (κ2) is 6.86. The molecular formula is C12H23ClN2OS. The predicted molar refractivity (Wildman–Crippen MR) is 75.9 cm³/mol. The molecule has 2 rings (SSSR count). The van der Waals surface area contributed by atoms with Crippen LogP contribution in [0.2, 0.25) is 0 Å². The summed E-state index contributed by atoms with van der Waals surface area (Å²) >= 11 is 1.94. The summed E-state index contributed by atoms with van der Waals surface area (Å²) in [5, 5.41) is 6.49. The van der Waals surface area contributed by atoms with Crippen LogP contribution in [0.4, 0.5) is 0 Å². The minimum atomic E-state index is 0. The Bertz CT molecular complexity index is 253. The van der Waals surface area contributed by atoms with E-state index >= 15 is 0 Å². The Morgan fingerprint density at radius 2 is 2.29 bits per heavy atom. The van der Waals surface area contributed by atoms with Gasteiger partial charge >= 0.3 is 0 Å². The van der Waals surface area contributed by atoms with Crippen molar-refractivity contribution < 1.29 is 4.79 Å². The summed E-state index contributed by atoms with van der Waals surface area (Å²) in [5.41, 5.74) is 0.463. The van der Waals surface area contributed by atoms with E-state index in [1.165, 1.54) is 25.0 Å². The Balaban J connectivity index is 0.00000144. The molecule has 2 fully saturated rings. The summed E-state index contributed by atoms with van der Waals surface area (Å²) in [7, 11) is 0. The first kappa shape index (κ1) is 15.1. The first-order valence-electron chi connectivity index (χ1n) is 6.32. The Morgan fingerprint density at radius 1 is 1.53 bits per heavy atom. The van der Waals surface area contributed by atoms with Crippen molar-refractivity contribution >= 4 is 30.1 Å². The lowest BCUT2D eigenvalue weighted by Crippen LogP contribution is -2.42. The number of halogens is 1. The molecule has 0 aromatic carbocycles. The summed E-state index contributed by atoms with van der Waals surface area (Å²) < 4.78 is 0. The molecule has 100 valence electrons. The summed E-state index contributed by atoms with van der Waals surface area (Å²) in [6.45, 7) is 4.15. The minimum Gasteiger partial charge on any atom is -0.355 e. The molecule has 3 nitrogen and oxygen atoms in total. The van der Waals surface area contributed by atoms with Gasteiger partial charge in [0.05, 0.1) is 0 Å². The fourth-order valence-corrected chi connectivity index (χ4v) is 3.11. The van der Waals surface area contributed by atoms with Gasteiger partial charge in [-0.1, -0.05) is 6.92 Å².